The summed E-state index contributed by atoms with van der Waals surface area (Å²) in [5, 5.41) is 24.7. The Balaban J connectivity index is 1.45. The molecule has 3 heterocycles. The Bertz CT molecular complexity index is 1860. The Morgan fingerprint density at radius 1 is 1.05 bits per heavy atom. The Hall–Kier alpha value is -4.83. The molecule has 0 bridgehead atoms. The van der Waals surface area contributed by atoms with E-state index in [0.29, 0.717) is 16.8 Å². The first-order chi connectivity index (χ1) is 20.1. The minimum atomic E-state index is -4.56. The van der Waals surface area contributed by atoms with Crippen LogP contribution in [0.1, 0.15) is 47.3 Å². The number of fused-ring (bicyclic) bond motifs is 1. The Labute approximate surface area is 239 Å². The second-order valence-electron chi connectivity index (χ2n) is 9.69. The number of nitriles is 1. The van der Waals surface area contributed by atoms with Gasteiger partial charge >= 0.3 is 6.18 Å². The average molecular weight is 597 g/mol. The fourth-order valence-corrected chi connectivity index (χ4v) is 4.79. The molecule has 0 amide bonds. The van der Waals surface area contributed by atoms with Gasteiger partial charge in [-0.15, -0.1) is 5.10 Å². The van der Waals surface area contributed by atoms with Crippen molar-refractivity contribution in [1.82, 2.24) is 25.0 Å². The minimum Gasteiger partial charge on any atom is -0.373 e. The summed E-state index contributed by atoms with van der Waals surface area (Å²) in [4.78, 5) is 7.63. The van der Waals surface area contributed by atoms with E-state index >= 15 is 0 Å². The number of rotatable bonds is 7. The molecule has 8 nitrogen and oxygen atoms in total. The van der Waals surface area contributed by atoms with Crippen LogP contribution >= 0.6 is 11.6 Å². The second kappa shape index (κ2) is 10.5. The van der Waals surface area contributed by atoms with Crippen LogP contribution in [0.25, 0.3) is 10.9 Å². The van der Waals surface area contributed by atoms with Gasteiger partial charge in [-0.2, -0.15) is 22.8 Å². The molecule has 1 aliphatic carbocycles. The van der Waals surface area contributed by atoms with Gasteiger partial charge in [0, 0.05) is 23.3 Å². The first kappa shape index (κ1) is 27.3. The van der Waals surface area contributed by atoms with Crippen molar-refractivity contribution in [2.75, 3.05) is 10.6 Å². The zero-order valence-corrected chi connectivity index (χ0v) is 22.0. The van der Waals surface area contributed by atoms with Gasteiger partial charge < -0.3 is 10.6 Å². The highest BCUT2D eigenvalue weighted by atomic mass is 35.5. The van der Waals surface area contributed by atoms with Gasteiger partial charge in [-0.1, -0.05) is 28.9 Å². The molecule has 2 aromatic carbocycles. The molecule has 1 fully saturated rings. The first-order valence-corrected chi connectivity index (χ1v) is 12.9. The maximum absolute atomic E-state index is 13.9. The van der Waals surface area contributed by atoms with E-state index in [9.17, 15) is 27.2 Å². The summed E-state index contributed by atoms with van der Waals surface area (Å²) < 4.78 is 69.7. The van der Waals surface area contributed by atoms with Crippen molar-refractivity contribution in [2.45, 2.75) is 31.1 Å². The molecule has 212 valence electrons. The van der Waals surface area contributed by atoms with E-state index in [2.05, 4.69) is 30.9 Å². The van der Waals surface area contributed by atoms with Gasteiger partial charge in [0.25, 0.3) is 0 Å². The number of aromatic nitrogens is 5. The summed E-state index contributed by atoms with van der Waals surface area (Å²) in [6.07, 6.45) is 1.33. The van der Waals surface area contributed by atoms with Gasteiger partial charge in [-0.3, -0.25) is 4.98 Å². The van der Waals surface area contributed by atoms with Gasteiger partial charge in [-0.25, -0.2) is 14.1 Å². The zero-order valence-electron chi connectivity index (χ0n) is 21.3. The van der Waals surface area contributed by atoms with Crippen LogP contribution in [0.3, 0.4) is 0 Å². The van der Waals surface area contributed by atoms with E-state index in [-0.39, 0.29) is 39.1 Å². The van der Waals surface area contributed by atoms with Crippen LogP contribution in [-0.4, -0.2) is 25.0 Å². The number of nitrogens with zero attached hydrogens (tertiary/aromatic N) is 6. The Morgan fingerprint density at radius 3 is 2.57 bits per heavy atom. The topological polar surface area (TPSA) is 104 Å². The van der Waals surface area contributed by atoms with Crippen molar-refractivity contribution in [3.8, 4) is 6.07 Å². The third-order valence-electron chi connectivity index (χ3n) is 6.71. The molecular weight excluding hydrogens is 579 g/mol. The molecule has 1 atom stereocenters. The lowest BCUT2D eigenvalue weighted by atomic mass is 10.0. The molecule has 6 rings (SSSR count). The number of hydrogen-bond donors (Lipinski definition) is 2. The smallest absolute Gasteiger partial charge is 0.373 e. The van der Waals surface area contributed by atoms with E-state index in [0.717, 1.165) is 37.2 Å². The average Bonchev–Trinajstić information content (AvgIpc) is 3.70. The van der Waals surface area contributed by atoms with Gasteiger partial charge in [0.05, 0.1) is 57.5 Å². The summed E-state index contributed by atoms with van der Waals surface area (Å²) in [7, 11) is 0. The summed E-state index contributed by atoms with van der Waals surface area (Å²) >= 11 is 6.58. The van der Waals surface area contributed by atoms with Crippen LogP contribution in [0.5, 0.6) is 0 Å². The van der Waals surface area contributed by atoms with Gasteiger partial charge in [0.2, 0.25) is 5.95 Å². The van der Waals surface area contributed by atoms with Gasteiger partial charge in [-0.05, 0) is 42.7 Å². The molecule has 0 unspecified atom stereocenters. The molecule has 2 N–H and O–H groups in total. The predicted octanol–water partition coefficient (Wildman–Crippen LogP) is 7.32. The van der Waals surface area contributed by atoms with Crippen LogP contribution < -0.4 is 10.6 Å². The van der Waals surface area contributed by atoms with E-state index < -0.39 is 29.5 Å². The molecule has 3 aromatic heterocycles. The summed E-state index contributed by atoms with van der Waals surface area (Å²) in [5.41, 5.74) is 0.803. The van der Waals surface area contributed by atoms with Crippen LogP contribution in [-0.2, 0) is 6.18 Å². The van der Waals surface area contributed by atoms with Crippen molar-refractivity contribution in [3.05, 3.63) is 100 Å². The van der Waals surface area contributed by atoms with Crippen LogP contribution in [0.2, 0.25) is 5.02 Å². The number of anilines is 3. The summed E-state index contributed by atoms with van der Waals surface area (Å²) in [6, 6.07) is 10.2. The van der Waals surface area contributed by atoms with E-state index in [4.69, 9.17) is 11.6 Å². The van der Waals surface area contributed by atoms with Crippen molar-refractivity contribution < 1.29 is 22.0 Å². The third-order valence-corrected chi connectivity index (χ3v) is 7.00. The van der Waals surface area contributed by atoms with Gasteiger partial charge in [0.15, 0.2) is 5.82 Å². The summed E-state index contributed by atoms with van der Waals surface area (Å²) in [5.74, 6) is -2.48. The fraction of sp³-hybridized carbons (Fsp3) is 0.179. The zero-order chi connectivity index (χ0) is 29.6. The number of pyridine rings is 2. The third kappa shape index (κ3) is 5.40. The lowest BCUT2D eigenvalue weighted by molar-refractivity contribution is -0.137. The van der Waals surface area contributed by atoms with Crippen molar-refractivity contribution >= 4 is 39.6 Å². The van der Waals surface area contributed by atoms with Gasteiger partial charge in [0.1, 0.15) is 11.8 Å². The van der Waals surface area contributed by atoms with Crippen LogP contribution in [0, 0.1) is 23.1 Å². The Morgan fingerprint density at radius 2 is 1.86 bits per heavy atom. The standard InChI is InChI=1S/C28H18ClF5N8/c29-21-8-17(7-20-24(15(10-35)11-36-26(20)21)39-18-9-22(30)27(31)37-12-18)38-25(23-13-42(41-40-23)19-4-5-19)14-2-1-3-16(6-14)28(32,33)34/h1-3,6-9,11-13,19,25,38H,4-5H2,(H,36,39)/t25-/m0/s1. The molecule has 0 aliphatic heterocycles. The molecule has 5 aromatic rings. The number of nitrogens with one attached hydrogen (secondary N) is 2. The molecule has 1 aliphatic rings. The largest absolute Gasteiger partial charge is 0.416 e. The summed E-state index contributed by atoms with van der Waals surface area (Å²) in [6.45, 7) is 0. The highest BCUT2D eigenvalue weighted by molar-refractivity contribution is 6.36. The molecular formula is C28H18ClF5N8. The maximum atomic E-state index is 13.9. The Kier molecular flexibility index (Phi) is 6.86. The quantitative estimate of drug-likeness (QED) is 0.150. The fourth-order valence-electron chi connectivity index (χ4n) is 4.53. The maximum Gasteiger partial charge on any atom is 0.416 e. The van der Waals surface area contributed by atoms with E-state index in [1.54, 1.807) is 23.0 Å². The molecule has 1 saturated carbocycles. The molecule has 0 saturated heterocycles. The minimum absolute atomic E-state index is 0.0610. The predicted molar refractivity (Wildman–Crippen MR) is 144 cm³/mol. The van der Waals surface area contributed by atoms with E-state index in [1.807, 2.05) is 6.07 Å². The lowest BCUT2D eigenvalue weighted by Crippen LogP contribution is -2.15. The van der Waals surface area contributed by atoms with Crippen molar-refractivity contribution in [3.63, 3.8) is 0 Å². The van der Waals surface area contributed by atoms with Crippen LogP contribution in [0.4, 0.5) is 39.0 Å². The monoisotopic (exact) mass is 596 g/mol. The highest BCUT2D eigenvalue weighted by Gasteiger charge is 2.32. The SMILES string of the molecule is N#Cc1cnc2c(Cl)cc(N[C@@H](c3cccc(C(F)(F)F)c3)c3cn(C4CC4)nn3)cc2c1Nc1cnc(F)c(F)c1. The molecule has 0 radical (unpaired) electrons. The van der Waals surface area contributed by atoms with Crippen molar-refractivity contribution in [2.24, 2.45) is 0 Å². The molecule has 42 heavy (non-hydrogen) atoms. The second-order valence-corrected chi connectivity index (χ2v) is 10.1. The highest BCUT2D eigenvalue weighted by Crippen LogP contribution is 2.39. The first-order valence-electron chi connectivity index (χ1n) is 12.6. The number of halogens is 6. The number of alkyl halides is 3. The lowest BCUT2D eigenvalue weighted by Gasteiger charge is -2.21. The van der Waals surface area contributed by atoms with E-state index in [1.165, 1.54) is 18.3 Å². The number of hydrogen-bond acceptors (Lipinski definition) is 7. The van der Waals surface area contributed by atoms with Crippen LogP contribution in [0.15, 0.2) is 61.1 Å². The normalized spacial score (nSPS) is 14.0. The number of benzene rings is 2. The molecule has 0 spiro atoms. The molecule has 14 heteroatoms. The van der Waals surface area contributed by atoms with Crippen molar-refractivity contribution in [1.29, 1.82) is 5.26 Å².